The van der Waals surface area contributed by atoms with Gasteiger partial charge in [-0.15, -0.1) is 0 Å². The first kappa shape index (κ1) is 24.0. The van der Waals surface area contributed by atoms with Gasteiger partial charge in [0.05, 0.1) is 6.61 Å². The summed E-state index contributed by atoms with van der Waals surface area (Å²) in [5, 5.41) is 1.06. The van der Waals surface area contributed by atoms with Gasteiger partial charge in [0.1, 0.15) is 18.8 Å². The first-order valence-corrected chi connectivity index (χ1v) is 11.5. The first-order chi connectivity index (χ1) is 16.9. The SMILES string of the molecule is CCOC(=O)Cn1c(C(=O)OCc2ccccc2)c(-c2ccccc2)c2cc(C)c(C)cc2c1=O. The van der Waals surface area contributed by atoms with Gasteiger partial charge < -0.3 is 9.47 Å². The number of fused-ring (bicyclic) bond motifs is 1. The summed E-state index contributed by atoms with van der Waals surface area (Å²) in [5.74, 6) is -1.29. The quantitative estimate of drug-likeness (QED) is 0.348. The van der Waals surface area contributed by atoms with Gasteiger partial charge in [-0.1, -0.05) is 66.7 Å². The predicted molar refractivity (Wildman–Crippen MR) is 135 cm³/mol. The van der Waals surface area contributed by atoms with Crippen molar-refractivity contribution in [3.63, 3.8) is 0 Å². The molecule has 0 unspecified atom stereocenters. The zero-order valence-electron chi connectivity index (χ0n) is 20.0. The van der Waals surface area contributed by atoms with E-state index in [0.29, 0.717) is 16.3 Å². The van der Waals surface area contributed by atoms with Crippen LogP contribution in [-0.4, -0.2) is 23.1 Å². The smallest absolute Gasteiger partial charge is 0.356 e. The third-order valence-corrected chi connectivity index (χ3v) is 5.95. The fraction of sp³-hybridized carbons (Fsp3) is 0.207. The highest BCUT2D eigenvalue weighted by atomic mass is 16.5. The molecule has 6 nitrogen and oxygen atoms in total. The van der Waals surface area contributed by atoms with E-state index in [-0.39, 0.29) is 18.9 Å². The number of hydrogen-bond acceptors (Lipinski definition) is 5. The summed E-state index contributed by atoms with van der Waals surface area (Å²) in [5.41, 5.74) is 3.62. The minimum Gasteiger partial charge on any atom is -0.465 e. The number of aryl methyl sites for hydroxylation is 2. The monoisotopic (exact) mass is 469 g/mol. The van der Waals surface area contributed by atoms with Crippen LogP contribution in [0.4, 0.5) is 0 Å². The Hall–Kier alpha value is -4.19. The maximum absolute atomic E-state index is 13.7. The number of ether oxygens (including phenoxy) is 2. The molecule has 0 aliphatic carbocycles. The van der Waals surface area contributed by atoms with Crippen molar-refractivity contribution in [2.45, 2.75) is 33.9 Å². The van der Waals surface area contributed by atoms with Crippen molar-refractivity contribution in [3.8, 4) is 11.1 Å². The van der Waals surface area contributed by atoms with Crippen LogP contribution < -0.4 is 5.56 Å². The van der Waals surface area contributed by atoms with E-state index < -0.39 is 24.0 Å². The van der Waals surface area contributed by atoms with Gasteiger partial charge in [-0.05, 0) is 54.5 Å². The van der Waals surface area contributed by atoms with Crippen molar-refractivity contribution in [1.82, 2.24) is 4.57 Å². The molecule has 6 heteroatoms. The van der Waals surface area contributed by atoms with Crippen molar-refractivity contribution in [2.24, 2.45) is 0 Å². The molecule has 0 bridgehead atoms. The number of pyridine rings is 1. The molecule has 4 aromatic rings. The number of carbonyl (C=O) groups is 2. The van der Waals surface area contributed by atoms with Gasteiger partial charge in [0, 0.05) is 10.9 Å². The summed E-state index contributed by atoms with van der Waals surface area (Å²) in [7, 11) is 0. The number of nitrogens with zero attached hydrogens (tertiary/aromatic N) is 1. The molecule has 178 valence electrons. The molecule has 0 aliphatic heterocycles. The molecule has 0 amide bonds. The van der Waals surface area contributed by atoms with Gasteiger partial charge >= 0.3 is 11.9 Å². The van der Waals surface area contributed by atoms with Crippen LogP contribution in [0, 0.1) is 13.8 Å². The lowest BCUT2D eigenvalue weighted by atomic mass is 9.94. The Bertz CT molecular complexity index is 1440. The molecule has 0 fully saturated rings. The highest BCUT2D eigenvalue weighted by Crippen LogP contribution is 2.33. The van der Waals surface area contributed by atoms with Crippen LogP contribution in [-0.2, 0) is 27.4 Å². The molecule has 0 saturated carbocycles. The van der Waals surface area contributed by atoms with Crippen molar-refractivity contribution < 1.29 is 19.1 Å². The predicted octanol–water partition coefficient (Wildman–Crippen LogP) is 5.21. The molecular weight excluding hydrogens is 442 g/mol. The van der Waals surface area contributed by atoms with Crippen LogP contribution >= 0.6 is 0 Å². The zero-order chi connectivity index (χ0) is 24.9. The molecule has 0 radical (unpaired) electrons. The largest absolute Gasteiger partial charge is 0.465 e. The molecule has 4 rings (SSSR count). The van der Waals surface area contributed by atoms with Crippen LogP contribution in [0.15, 0.2) is 77.6 Å². The molecule has 0 aliphatic rings. The van der Waals surface area contributed by atoms with Crippen LogP contribution in [0.3, 0.4) is 0 Å². The topological polar surface area (TPSA) is 74.6 Å². The Kier molecular flexibility index (Phi) is 7.11. The normalized spacial score (nSPS) is 10.8. The molecule has 3 aromatic carbocycles. The van der Waals surface area contributed by atoms with E-state index >= 15 is 0 Å². The Morgan fingerprint density at radius 2 is 1.43 bits per heavy atom. The second-order valence-corrected chi connectivity index (χ2v) is 8.33. The molecule has 0 atom stereocenters. The van der Waals surface area contributed by atoms with Gasteiger partial charge in [-0.2, -0.15) is 0 Å². The summed E-state index contributed by atoms with van der Waals surface area (Å²) >= 11 is 0. The van der Waals surface area contributed by atoms with Crippen molar-refractivity contribution in [3.05, 3.63) is 106 Å². The lowest BCUT2D eigenvalue weighted by Gasteiger charge is -2.19. The first-order valence-electron chi connectivity index (χ1n) is 11.5. The number of esters is 2. The number of rotatable bonds is 7. The Balaban J connectivity index is 1.99. The lowest BCUT2D eigenvalue weighted by Crippen LogP contribution is -2.32. The summed E-state index contributed by atoms with van der Waals surface area (Å²) in [6.07, 6.45) is 0. The fourth-order valence-electron chi connectivity index (χ4n) is 4.10. The van der Waals surface area contributed by atoms with E-state index in [0.717, 1.165) is 22.3 Å². The number of benzene rings is 3. The highest BCUT2D eigenvalue weighted by Gasteiger charge is 2.26. The molecule has 0 spiro atoms. The van der Waals surface area contributed by atoms with Gasteiger partial charge in [0.15, 0.2) is 0 Å². The van der Waals surface area contributed by atoms with Gasteiger partial charge in [-0.25, -0.2) is 4.79 Å². The van der Waals surface area contributed by atoms with E-state index in [1.165, 1.54) is 4.57 Å². The Morgan fingerprint density at radius 1 is 0.829 bits per heavy atom. The molecular formula is C29H27NO5. The lowest BCUT2D eigenvalue weighted by molar-refractivity contribution is -0.143. The summed E-state index contributed by atoms with van der Waals surface area (Å²) in [6.45, 7) is 5.38. The average molecular weight is 470 g/mol. The second-order valence-electron chi connectivity index (χ2n) is 8.33. The molecule has 35 heavy (non-hydrogen) atoms. The standard InChI is InChI=1S/C29H27NO5/c1-4-34-25(31)17-30-27(29(33)35-18-21-11-7-5-8-12-21)26(22-13-9-6-10-14-22)23-15-19(2)20(3)16-24(23)28(30)32/h5-16H,4,17-18H2,1-3H3. The van der Waals surface area contributed by atoms with E-state index in [1.54, 1.807) is 13.0 Å². The van der Waals surface area contributed by atoms with Crippen LogP contribution in [0.2, 0.25) is 0 Å². The number of carbonyl (C=O) groups excluding carboxylic acids is 2. The van der Waals surface area contributed by atoms with Crippen LogP contribution in [0.1, 0.15) is 34.1 Å². The van der Waals surface area contributed by atoms with Gasteiger partial charge in [0.25, 0.3) is 5.56 Å². The van der Waals surface area contributed by atoms with Crippen molar-refractivity contribution >= 4 is 22.7 Å². The average Bonchev–Trinajstić information content (AvgIpc) is 2.86. The Labute approximate surface area is 203 Å². The molecule has 0 saturated heterocycles. The third-order valence-electron chi connectivity index (χ3n) is 5.95. The van der Waals surface area contributed by atoms with Crippen molar-refractivity contribution in [1.29, 1.82) is 0 Å². The van der Waals surface area contributed by atoms with Crippen LogP contribution in [0.25, 0.3) is 21.9 Å². The van der Waals surface area contributed by atoms with Crippen LogP contribution in [0.5, 0.6) is 0 Å². The zero-order valence-corrected chi connectivity index (χ0v) is 20.0. The van der Waals surface area contributed by atoms with E-state index in [1.807, 2.05) is 80.6 Å². The molecule has 0 N–H and O–H groups in total. The van der Waals surface area contributed by atoms with E-state index in [4.69, 9.17) is 9.47 Å². The summed E-state index contributed by atoms with van der Waals surface area (Å²) in [6, 6.07) is 22.4. The molecule has 1 heterocycles. The fourth-order valence-corrected chi connectivity index (χ4v) is 4.10. The highest BCUT2D eigenvalue weighted by molar-refractivity contribution is 6.07. The maximum atomic E-state index is 13.7. The van der Waals surface area contributed by atoms with E-state index in [2.05, 4.69) is 0 Å². The van der Waals surface area contributed by atoms with Gasteiger partial charge in [0.2, 0.25) is 0 Å². The minimum atomic E-state index is -0.686. The van der Waals surface area contributed by atoms with Crippen molar-refractivity contribution in [2.75, 3.05) is 6.61 Å². The minimum absolute atomic E-state index is 0.0286. The van der Waals surface area contributed by atoms with Gasteiger partial charge in [-0.3, -0.25) is 14.2 Å². The molecule has 1 aromatic heterocycles. The number of hydrogen-bond donors (Lipinski definition) is 0. The summed E-state index contributed by atoms with van der Waals surface area (Å²) < 4.78 is 12.0. The van der Waals surface area contributed by atoms with E-state index in [9.17, 15) is 14.4 Å². The third kappa shape index (κ3) is 5.01. The summed E-state index contributed by atoms with van der Waals surface area (Å²) in [4.78, 5) is 39.7. The number of aromatic nitrogens is 1. The maximum Gasteiger partial charge on any atom is 0.356 e. The second kappa shape index (κ2) is 10.4. The Morgan fingerprint density at radius 3 is 2.06 bits per heavy atom.